The van der Waals surface area contributed by atoms with E-state index in [9.17, 15) is 0 Å². The molecule has 0 aliphatic rings. The van der Waals surface area contributed by atoms with Gasteiger partial charge in [-0.15, -0.1) is 11.3 Å². The van der Waals surface area contributed by atoms with Crippen molar-refractivity contribution in [3.05, 3.63) is 21.3 Å². The summed E-state index contributed by atoms with van der Waals surface area (Å²) in [5.41, 5.74) is 5.43. The van der Waals surface area contributed by atoms with Gasteiger partial charge in [0.2, 0.25) is 0 Å². The van der Waals surface area contributed by atoms with Crippen LogP contribution < -0.4 is 5.73 Å². The van der Waals surface area contributed by atoms with Crippen LogP contribution in [0.5, 0.6) is 0 Å². The molecule has 12 heavy (non-hydrogen) atoms. The molecule has 0 amide bonds. The Morgan fingerprint density at radius 1 is 1.67 bits per heavy atom. The zero-order chi connectivity index (χ0) is 8.97. The monoisotopic (exact) mass is 204 g/mol. The van der Waals surface area contributed by atoms with Gasteiger partial charge in [-0.3, -0.25) is 4.90 Å². The van der Waals surface area contributed by atoms with Gasteiger partial charge in [0.05, 0.1) is 5.02 Å². The van der Waals surface area contributed by atoms with Gasteiger partial charge in [-0.1, -0.05) is 11.6 Å². The van der Waals surface area contributed by atoms with Crippen LogP contribution in [-0.2, 0) is 6.54 Å². The maximum absolute atomic E-state index is 5.94. The molecular weight excluding hydrogens is 192 g/mol. The smallest absolute Gasteiger partial charge is 0.0558 e. The van der Waals surface area contributed by atoms with Crippen molar-refractivity contribution in [3.63, 3.8) is 0 Å². The predicted octanol–water partition coefficient (Wildman–Crippen LogP) is 1.79. The summed E-state index contributed by atoms with van der Waals surface area (Å²) in [6, 6.07) is 1.93. The summed E-state index contributed by atoms with van der Waals surface area (Å²) in [4.78, 5) is 3.38. The van der Waals surface area contributed by atoms with Crippen LogP contribution in [0.25, 0.3) is 0 Å². The zero-order valence-electron chi connectivity index (χ0n) is 7.09. The van der Waals surface area contributed by atoms with Crippen molar-refractivity contribution in [2.24, 2.45) is 5.73 Å². The fourth-order valence-electron chi connectivity index (χ4n) is 0.983. The van der Waals surface area contributed by atoms with Crippen LogP contribution in [-0.4, -0.2) is 25.0 Å². The fourth-order valence-corrected chi connectivity index (χ4v) is 2.16. The van der Waals surface area contributed by atoms with Gasteiger partial charge in [0.15, 0.2) is 0 Å². The molecule has 1 aromatic heterocycles. The lowest BCUT2D eigenvalue weighted by atomic mass is 10.4. The third-order valence-electron chi connectivity index (χ3n) is 1.62. The Bertz CT molecular complexity index is 237. The van der Waals surface area contributed by atoms with Crippen molar-refractivity contribution in [3.8, 4) is 0 Å². The lowest BCUT2D eigenvalue weighted by Crippen LogP contribution is -2.24. The lowest BCUT2D eigenvalue weighted by molar-refractivity contribution is 0.339. The summed E-state index contributed by atoms with van der Waals surface area (Å²) in [5, 5.41) is 2.87. The van der Waals surface area contributed by atoms with E-state index in [1.807, 2.05) is 18.5 Å². The molecule has 1 rings (SSSR count). The van der Waals surface area contributed by atoms with Crippen LogP contribution in [0.1, 0.15) is 4.88 Å². The summed E-state index contributed by atoms with van der Waals surface area (Å²) in [6.45, 7) is 2.50. The van der Waals surface area contributed by atoms with E-state index < -0.39 is 0 Å². The Balaban J connectivity index is 2.46. The van der Waals surface area contributed by atoms with Crippen molar-refractivity contribution in [1.29, 1.82) is 0 Å². The van der Waals surface area contributed by atoms with E-state index in [1.165, 1.54) is 4.88 Å². The summed E-state index contributed by atoms with van der Waals surface area (Å²) in [6.07, 6.45) is 0. The highest BCUT2D eigenvalue weighted by molar-refractivity contribution is 7.10. The lowest BCUT2D eigenvalue weighted by Gasteiger charge is -2.13. The van der Waals surface area contributed by atoms with Gasteiger partial charge in [0, 0.05) is 24.5 Å². The molecule has 68 valence electrons. The summed E-state index contributed by atoms with van der Waals surface area (Å²) >= 11 is 7.63. The first-order valence-electron chi connectivity index (χ1n) is 3.84. The largest absolute Gasteiger partial charge is 0.329 e. The molecule has 0 saturated heterocycles. The SMILES string of the molecule is CN(CCN)Cc1sccc1Cl. The molecule has 4 heteroatoms. The molecule has 2 nitrogen and oxygen atoms in total. The highest BCUT2D eigenvalue weighted by atomic mass is 35.5. The molecule has 1 heterocycles. The van der Waals surface area contributed by atoms with E-state index in [-0.39, 0.29) is 0 Å². The topological polar surface area (TPSA) is 29.3 Å². The highest BCUT2D eigenvalue weighted by Gasteiger charge is 2.04. The normalized spacial score (nSPS) is 11.0. The Hall–Kier alpha value is -0.0900. The molecule has 0 radical (unpaired) electrons. The van der Waals surface area contributed by atoms with Crippen LogP contribution in [0.4, 0.5) is 0 Å². The Kier molecular flexibility index (Phi) is 4.01. The number of hydrogen-bond acceptors (Lipinski definition) is 3. The molecular formula is C8H13ClN2S. The number of thiophene rings is 1. The van der Waals surface area contributed by atoms with Gasteiger partial charge in [0.1, 0.15) is 0 Å². The minimum absolute atomic E-state index is 0.694. The molecule has 0 unspecified atom stereocenters. The minimum Gasteiger partial charge on any atom is -0.329 e. The van der Waals surface area contributed by atoms with Crippen molar-refractivity contribution in [1.82, 2.24) is 4.90 Å². The molecule has 0 fully saturated rings. The number of nitrogens with zero attached hydrogens (tertiary/aromatic N) is 1. The number of hydrogen-bond donors (Lipinski definition) is 1. The quantitative estimate of drug-likeness (QED) is 0.811. The van der Waals surface area contributed by atoms with Crippen LogP contribution >= 0.6 is 22.9 Å². The van der Waals surface area contributed by atoms with E-state index in [4.69, 9.17) is 17.3 Å². The second-order valence-corrected chi connectivity index (χ2v) is 4.13. The second-order valence-electron chi connectivity index (χ2n) is 2.72. The fraction of sp³-hybridized carbons (Fsp3) is 0.500. The van der Waals surface area contributed by atoms with Gasteiger partial charge < -0.3 is 5.73 Å². The Morgan fingerprint density at radius 3 is 2.92 bits per heavy atom. The number of rotatable bonds is 4. The summed E-state index contributed by atoms with van der Waals surface area (Å²) in [7, 11) is 2.04. The van der Waals surface area contributed by atoms with Gasteiger partial charge >= 0.3 is 0 Å². The summed E-state index contributed by atoms with van der Waals surface area (Å²) < 4.78 is 0. The predicted molar refractivity (Wildman–Crippen MR) is 54.7 cm³/mol. The van der Waals surface area contributed by atoms with Crippen LogP contribution in [0.2, 0.25) is 5.02 Å². The van der Waals surface area contributed by atoms with Gasteiger partial charge in [-0.2, -0.15) is 0 Å². The summed E-state index contributed by atoms with van der Waals surface area (Å²) in [5.74, 6) is 0. The van der Waals surface area contributed by atoms with Crippen molar-refractivity contribution in [2.45, 2.75) is 6.54 Å². The van der Waals surface area contributed by atoms with Gasteiger partial charge in [-0.25, -0.2) is 0 Å². The number of likely N-dealkylation sites (N-methyl/N-ethyl adjacent to an activating group) is 1. The third kappa shape index (κ3) is 2.75. The van der Waals surface area contributed by atoms with Crippen molar-refractivity contribution >= 4 is 22.9 Å². The molecule has 0 saturated carbocycles. The van der Waals surface area contributed by atoms with E-state index in [0.29, 0.717) is 6.54 Å². The molecule has 0 aliphatic carbocycles. The van der Waals surface area contributed by atoms with E-state index in [2.05, 4.69) is 4.90 Å². The first-order chi connectivity index (χ1) is 5.74. The highest BCUT2D eigenvalue weighted by Crippen LogP contribution is 2.22. The molecule has 0 atom stereocenters. The maximum atomic E-state index is 5.94. The van der Waals surface area contributed by atoms with Crippen molar-refractivity contribution in [2.75, 3.05) is 20.1 Å². The second kappa shape index (κ2) is 4.82. The number of halogens is 1. The van der Waals surface area contributed by atoms with Crippen LogP contribution in [0.15, 0.2) is 11.4 Å². The van der Waals surface area contributed by atoms with Crippen LogP contribution in [0.3, 0.4) is 0 Å². The molecule has 2 N–H and O–H groups in total. The molecule has 1 aromatic rings. The first kappa shape index (κ1) is 9.99. The molecule has 0 aliphatic heterocycles. The number of nitrogens with two attached hydrogens (primary N) is 1. The van der Waals surface area contributed by atoms with Crippen LogP contribution in [0, 0.1) is 0 Å². The molecule has 0 aromatic carbocycles. The molecule has 0 bridgehead atoms. The third-order valence-corrected chi connectivity index (χ3v) is 2.99. The standard InChI is InChI=1S/C8H13ClN2S/c1-11(4-3-10)6-8-7(9)2-5-12-8/h2,5H,3-4,6,10H2,1H3. The first-order valence-corrected chi connectivity index (χ1v) is 5.10. The maximum Gasteiger partial charge on any atom is 0.0558 e. The minimum atomic E-state index is 0.694. The molecule has 0 spiro atoms. The van der Waals surface area contributed by atoms with Gasteiger partial charge in [-0.05, 0) is 18.5 Å². The zero-order valence-corrected chi connectivity index (χ0v) is 8.66. The van der Waals surface area contributed by atoms with Crippen molar-refractivity contribution < 1.29 is 0 Å². The van der Waals surface area contributed by atoms with E-state index in [0.717, 1.165) is 18.1 Å². The Labute approximate surface area is 81.9 Å². The average Bonchev–Trinajstić information content (AvgIpc) is 2.37. The average molecular weight is 205 g/mol. The van der Waals surface area contributed by atoms with E-state index in [1.54, 1.807) is 11.3 Å². The van der Waals surface area contributed by atoms with Gasteiger partial charge in [0.25, 0.3) is 0 Å². The Morgan fingerprint density at radius 2 is 2.42 bits per heavy atom. The van der Waals surface area contributed by atoms with E-state index >= 15 is 0 Å².